The van der Waals surface area contributed by atoms with Gasteiger partial charge in [-0.25, -0.2) is 24.9 Å². The Hall–Kier alpha value is -3.46. The number of aromatic nitrogens is 9. The van der Waals surface area contributed by atoms with Crippen LogP contribution < -0.4 is 22.9 Å². The number of hydrogen-bond acceptors (Lipinski definition) is 15. The maximum atomic E-state index is 10.9. The number of hydrogen-bond donors (Lipinski definition) is 6. The molecule has 331 valence electrons. The Morgan fingerprint density at radius 1 is 0.750 bits per heavy atom. The van der Waals surface area contributed by atoms with E-state index in [1.807, 2.05) is 33.9 Å². The minimum atomic E-state index is -0.549. The molecule has 0 bridgehead atoms. The number of nitrogens with two attached hydrogens (primary N) is 4. The van der Waals surface area contributed by atoms with Gasteiger partial charge in [-0.3, -0.25) is 102 Å². The Balaban J connectivity index is -0.000000328. The first-order chi connectivity index (χ1) is 27.4. The molecule has 0 aromatic carbocycles. The molecule has 0 saturated heterocycles. The van der Waals surface area contributed by atoms with Gasteiger partial charge in [0.2, 0.25) is 5.82 Å². The second-order valence-electron chi connectivity index (χ2n) is 10.1. The van der Waals surface area contributed by atoms with E-state index in [0.29, 0.717) is 22.9 Å². The minimum Gasteiger partial charge on any atom is -0.400 e. The van der Waals surface area contributed by atoms with Crippen molar-refractivity contribution >= 4 is 124 Å². The predicted molar refractivity (Wildman–Crippen MR) is 272 cm³/mol. The van der Waals surface area contributed by atoms with Crippen molar-refractivity contribution in [3.63, 3.8) is 0 Å². The predicted octanol–water partition coefficient (Wildman–Crippen LogP) is 8.85. The van der Waals surface area contributed by atoms with Crippen LogP contribution in [-0.2, 0) is 18.6 Å². The average molecular weight is 1320 g/mol. The summed E-state index contributed by atoms with van der Waals surface area (Å²) < 4.78 is 5.77. The number of imidazole rings is 3. The summed E-state index contributed by atoms with van der Waals surface area (Å²) in [4.78, 5) is 46.7. The van der Waals surface area contributed by atoms with Gasteiger partial charge in [-0.1, -0.05) is 50.8 Å². The number of nitrogens with one attached hydrogen (secondary N) is 1. The van der Waals surface area contributed by atoms with Gasteiger partial charge >= 0.3 is 11.4 Å². The smallest absolute Gasteiger partial charge is 0.334 e. The Labute approximate surface area is 417 Å². The molecule has 6 heterocycles. The maximum absolute atomic E-state index is 10.9. The van der Waals surface area contributed by atoms with Crippen LogP contribution in [0.5, 0.6) is 0 Å². The van der Waals surface area contributed by atoms with E-state index in [1.165, 1.54) is 39.8 Å². The fourth-order valence-corrected chi connectivity index (χ4v) is 3.73. The van der Waals surface area contributed by atoms with Crippen molar-refractivity contribution in [3.05, 3.63) is 117 Å². The first-order valence-corrected chi connectivity index (χ1v) is 21.3. The van der Waals surface area contributed by atoms with Gasteiger partial charge in [-0.2, -0.15) is 0 Å². The Kier molecular flexibility index (Phi) is 38.1. The SMILES string of the molecule is C.CC.CCI.CO.Cc1cn(-c2nccc(N)c2N)cn1.Cc1cn(-c2nccc(N)c2[N+](=O)[O-])cn1.Cc1cnc[nH]1.Cc1nccc(N)c1[N+](=O)[O-].I[C-](I)I.[V]. The van der Waals surface area contributed by atoms with Gasteiger partial charge in [0.25, 0.3) is 0 Å². The molecule has 0 atom stereocenters. The van der Waals surface area contributed by atoms with Crippen LogP contribution in [-0.4, -0.2) is 70.5 Å². The third kappa shape index (κ3) is 24.7. The van der Waals surface area contributed by atoms with Crippen LogP contribution in [0.2, 0.25) is 0 Å². The van der Waals surface area contributed by atoms with Gasteiger partial charge in [0.05, 0.1) is 38.9 Å². The molecule has 0 aliphatic heterocycles. The molecule has 0 spiro atoms. The van der Waals surface area contributed by atoms with Crippen molar-refractivity contribution in [2.45, 2.75) is 55.9 Å². The summed E-state index contributed by atoms with van der Waals surface area (Å²) in [6.45, 7) is 13.3. The first-order valence-electron chi connectivity index (χ1n) is 16.5. The molecular weight excluding hydrogens is 1270 g/mol. The van der Waals surface area contributed by atoms with E-state index >= 15 is 0 Å². The normalized spacial score (nSPS) is 8.90. The van der Waals surface area contributed by atoms with Gasteiger partial charge in [-0.05, 0) is 50.3 Å². The molecule has 6 aromatic rings. The standard InChI is InChI=1S/C9H9N5O2.C9H11N5.C6H7N3O2.C4H6N2.C2H5I.C2H6.CI3.CH4O.CH4.V/c1-6-4-13(5-12-6)9-8(14(15)16)7(10)2-3-11-9;1-6-4-14(5-13-6)9-8(11)7(10)2-3-12-9;1-4-6(9(10)11)5(7)2-3-8-4;1-4-2-5-3-6-4;1-2-3;1-2;2-1(3)4;1-2;;/h2-5H,1H3,(H2,10,11);2-5H,11H2,1H3,(H2,10,12);2-3H,1H3,(H2,7,8);2-3H,1H3,(H,5,6);2H2,1H3;1-2H3;;2H,1H3;1H4;/q;;;;;;-1;;;. The van der Waals surface area contributed by atoms with Gasteiger partial charge in [-0.15, -0.1) is -0.0619 Å². The molecule has 10 N–H and O–H groups in total. The number of aromatic amines is 1. The Bertz CT molecular complexity index is 2030. The molecule has 6 rings (SSSR count). The molecule has 0 amide bonds. The monoisotopic (exact) mass is 1320 g/mol. The molecule has 0 aliphatic rings. The fourth-order valence-electron chi connectivity index (χ4n) is 3.73. The van der Waals surface area contributed by atoms with E-state index in [1.54, 1.807) is 55.7 Å². The van der Waals surface area contributed by atoms with E-state index in [9.17, 15) is 20.2 Å². The molecule has 20 nitrogen and oxygen atoms in total. The quantitative estimate of drug-likeness (QED) is 0.0316. The molecule has 25 heteroatoms. The summed E-state index contributed by atoms with van der Waals surface area (Å²) in [5.74, 6) is 0.788. The first kappa shape index (κ1) is 63.2. The van der Waals surface area contributed by atoms with E-state index in [4.69, 9.17) is 28.0 Å². The molecule has 1 radical (unpaired) electrons. The van der Waals surface area contributed by atoms with Gasteiger partial charge in [0, 0.05) is 68.5 Å². The summed E-state index contributed by atoms with van der Waals surface area (Å²) in [5.41, 5.74) is 26.4. The zero-order valence-electron chi connectivity index (χ0n) is 33.5. The zero-order chi connectivity index (χ0) is 45.0. The van der Waals surface area contributed by atoms with E-state index in [2.05, 4.69) is 132 Å². The molecule has 0 fully saturated rings. The number of nitro groups is 2. The van der Waals surface area contributed by atoms with Gasteiger partial charge in [0.15, 0.2) is 5.82 Å². The molecular formula is C35H52I4N15O5V-. The van der Waals surface area contributed by atoms with Crippen LogP contribution in [0, 0.1) is 47.9 Å². The molecule has 6 aromatic heterocycles. The molecule has 0 aliphatic carbocycles. The van der Waals surface area contributed by atoms with Gasteiger partial charge in [0.1, 0.15) is 29.7 Å². The van der Waals surface area contributed by atoms with Crippen LogP contribution in [0.3, 0.4) is 0 Å². The number of H-pyrrole nitrogens is 1. The molecule has 0 saturated carbocycles. The number of aliphatic hydroxyl groups is 1. The minimum absolute atomic E-state index is 0. The third-order valence-electron chi connectivity index (χ3n) is 5.99. The van der Waals surface area contributed by atoms with Crippen molar-refractivity contribution in [2.75, 3.05) is 34.5 Å². The van der Waals surface area contributed by atoms with Crippen LogP contribution in [0.1, 0.15) is 51.0 Å². The van der Waals surface area contributed by atoms with Gasteiger partial charge < -0.3 is 33.0 Å². The number of aryl methyl sites for hydroxylation is 4. The largest absolute Gasteiger partial charge is 0.400 e. The number of alkyl halides is 1. The van der Waals surface area contributed by atoms with E-state index < -0.39 is 9.85 Å². The summed E-state index contributed by atoms with van der Waals surface area (Å²) >= 11 is 8.99. The number of aliphatic hydroxyl groups excluding tert-OH is 1. The number of nitrogen functional groups attached to an aromatic ring is 4. The number of anilines is 4. The van der Waals surface area contributed by atoms with Crippen molar-refractivity contribution in [2.24, 2.45) is 0 Å². The fraction of sp³-hybridized carbons (Fsp3) is 0.286. The molecule has 60 heavy (non-hydrogen) atoms. The topological polar surface area (TPSA) is 314 Å². The Morgan fingerprint density at radius 3 is 1.45 bits per heavy atom. The van der Waals surface area contributed by atoms with Crippen molar-refractivity contribution in [1.82, 2.24) is 44.0 Å². The van der Waals surface area contributed by atoms with Crippen LogP contribution in [0.25, 0.3) is 11.6 Å². The van der Waals surface area contributed by atoms with Crippen LogP contribution in [0.4, 0.5) is 34.1 Å². The molecule has 0 unspecified atom stereocenters. The maximum Gasteiger partial charge on any atom is 0.334 e. The number of pyridine rings is 3. The average Bonchev–Trinajstić information content (AvgIpc) is 3.94. The summed E-state index contributed by atoms with van der Waals surface area (Å²) in [6, 6.07) is 4.47. The summed E-state index contributed by atoms with van der Waals surface area (Å²) in [5, 5.41) is 28.2. The third-order valence-corrected chi connectivity index (χ3v) is 5.99. The van der Waals surface area contributed by atoms with Crippen molar-refractivity contribution in [3.8, 4) is 11.6 Å². The number of halogens is 4. The zero-order valence-corrected chi connectivity index (χ0v) is 43.5. The Morgan fingerprint density at radius 2 is 1.13 bits per heavy atom. The second kappa shape index (κ2) is 36.2. The van der Waals surface area contributed by atoms with Crippen LogP contribution in [0.15, 0.2) is 74.4 Å². The van der Waals surface area contributed by atoms with E-state index in [0.717, 1.165) is 24.2 Å². The van der Waals surface area contributed by atoms with E-state index in [-0.39, 0.29) is 54.5 Å². The van der Waals surface area contributed by atoms with Crippen molar-refractivity contribution in [1.29, 1.82) is 0 Å². The number of nitrogens with zero attached hydrogens (tertiary/aromatic N) is 10. The second-order valence-corrected chi connectivity index (χ2v) is 21.1. The van der Waals surface area contributed by atoms with Crippen molar-refractivity contribution < 1.29 is 33.5 Å². The number of rotatable bonds is 4. The summed E-state index contributed by atoms with van der Waals surface area (Å²) in [7, 11) is 1.00. The van der Waals surface area contributed by atoms with Crippen LogP contribution >= 0.6 is 90.4 Å². The summed E-state index contributed by atoms with van der Waals surface area (Å²) in [6.07, 6.45) is 14.5.